The molecule has 8 heteroatoms. The number of urea groups is 1. The summed E-state index contributed by atoms with van der Waals surface area (Å²) in [7, 11) is 1.62. The summed E-state index contributed by atoms with van der Waals surface area (Å²) in [5.74, 6) is 0.933. The Morgan fingerprint density at radius 2 is 1.63 bits per heavy atom. The number of carbonyl (C=O) groups is 2. The van der Waals surface area contributed by atoms with Crippen LogP contribution in [-0.4, -0.2) is 37.3 Å². The molecule has 0 aliphatic heterocycles. The number of pyridine rings is 1. The highest BCUT2D eigenvalue weighted by Gasteiger charge is 2.21. The van der Waals surface area contributed by atoms with Crippen molar-refractivity contribution in [3.05, 3.63) is 102 Å². The Balaban J connectivity index is 1.73. The Morgan fingerprint density at radius 3 is 2.30 bits per heavy atom. The van der Waals surface area contributed by atoms with Gasteiger partial charge in [0.05, 0.1) is 32.8 Å². The minimum Gasteiger partial charge on any atom is -0.496 e. The van der Waals surface area contributed by atoms with E-state index in [4.69, 9.17) is 14.2 Å². The zero-order valence-corrected chi connectivity index (χ0v) is 25.2. The van der Waals surface area contributed by atoms with Gasteiger partial charge in [-0.1, -0.05) is 55.5 Å². The summed E-state index contributed by atoms with van der Waals surface area (Å²) in [4.78, 5) is 29.8. The number of hydrogen-bond acceptors (Lipinski definition) is 6. The number of aromatic nitrogens is 1. The molecule has 0 saturated carbocycles. The van der Waals surface area contributed by atoms with E-state index >= 15 is 0 Å². The number of methoxy groups -OCH3 is 1. The summed E-state index contributed by atoms with van der Waals surface area (Å²) in [6, 6.07) is 24.8. The van der Waals surface area contributed by atoms with Crippen LogP contribution >= 0.6 is 0 Å². The number of hydrogen-bond donors (Lipinski definition) is 2. The summed E-state index contributed by atoms with van der Waals surface area (Å²) in [5, 5.41) is 6.14. The van der Waals surface area contributed by atoms with E-state index in [0.717, 1.165) is 38.9 Å². The summed E-state index contributed by atoms with van der Waals surface area (Å²) in [6.07, 6.45) is 2.57. The van der Waals surface area contributed by atoms with Crippen molar-refractivity contribution in [2.75, 3.05) is 20.3 Å². The predicted molar refractivity (Wildman–Crippen MR) is 168 cm³/mol. The van der Waals surface area contributed by atoms with Crippen molar-refractivity contribution in [3.63, 3.8) is 0 Å². The summed E-state index contributed by atoms with van der Waals surface area (Å²) in [6.45, 7) is 7.02. The molecule has 0 bridgehead atoms. The smallest absolute Gasteiger partial charge is 0.315 e. The molecule has 2 amide bonds. The first-order valence-electron chi connectivity index (χ1n) is 14.6. The lowest BCUT2D eigenvalue weighted by atomic mass is 9.89. The molecule has 0 spiro atoms. The van der Waals surface area contributed by atoms with E-state index in [-0.39, 0.29) is 24.5 Å². The standard InChI is InChI=1S/C35H39N3O5/c1-5-31(38-35(40)37-22-24-11-9-8-10-12-24)29-21-26(27-15-18-33(36-23-27)42-6-2)14-16-28(29)30-19-25(13-17-32(30)41-4)20-34(39)43-7-3/h8-19,21,23,31H,5-7,20,22H2,1-4H3,(H2,37,38,40). The molecule has 224 valence electrons. The molecule has 1 heterocycles. The number of nitrogens with one attached hydrogen (secondary N) is 2. The van der Waals surface area contributed by atoms with Crippen molar-refractivity contribution < 1.29 is 23.8 Å². The van der Waals surface area contributed by atoms with Gasteiger partial charge in [0.25, 0.3) is 0 Å². The fourth-order valence-electron chi connectivity index (χ4n) is 4.90. The first-order chi connectivity index (χ1) is 20.9. The monoisotopic (exact) mass is 581 g/mol. The third kappa shape index (κ3) is 8.35. The Kier molecular flexibility index (Phi) is 11.1. The first-order valence-corrected chi connectivity index (χ1v) is 14.6. The predicted octanol–water partition coefficient (Wildman–Crippen LogP) is 6.88. The molecule has 2 N–H and O–H groups in total. The zero-order valence-electron chi connectivity index (χ0n) is 25.2. The molecule has 0 aliphatic rings. The number of esters is 1. The average Bonchev–Trinajstić information content (AvgIpc) is 3.03. The molecule has 4 rings (SSSR count). The minimum absolute atomic E-state index is 0.146. The fourth-order valence-corrected chi connectivity index (χ4v) is 4.90. The second kappa shape index (κ2) is 15.4. The van der Waals surface area contributed by atoms with Crippen LogP contribution in [-0.2, 0) is 22.5 Å². The lowest BCUT2D eigenvalue weighted by Crippen LogP contribution is -2.37. The first kappa shape index (κ1) is 31.1. The van der Waals surface area contributed by atoms with Gasteiger partial charge in [-0.15, -0.1) is 0 Å². The third-order valence-electron chi connectivity index (χ3n) is 7.01. The minimum atomic E-state index is -0.320. The van der Waals surface area contributed by atoms with Gasteiger partial charge >= 0.3 is 12.0 Å². The molecule has 1 aromatic heterocycles. The molecule has 8 nitrogen and oxygen atoms in total. The normalized spacial score (nSPS) is 11.3. The highest BCUT2D eigenvalue weighted by molar-refractivity contribution is 5.81. The molecular weight excluding hydrogens is 542 g/mol. The number of nitrogens with zero attached hydrogens (tertiary/aromatic N) is 1. The zero-order chi connectivity index (χ0) is 30.6. The van der Waals surface area contributed by atoms with Gasteiger partial charge in [-0.25, -0.2) is 9.78 Å². The van der Waals surface area contributed by atoms with E-state index in [2.05, 4.69) is 21.7 Å². The van der Waals surface area contributed by atoms with Crippen molar-refractivity contribution in [2.45, 2.75) is 46.2 Å². The Bertz CT molecular complexity index is 1510. The van der Waals surface area contributed by atoms with Crippen molar-refractivity contribution in [1.82, 2.24) is 15.6 Å². The van der Waals surface area contributed by atoms with Crippen molar-refractivity contribution >= 4 is 12.0 Å². The van der Waals surface area contributed by atoms with Gasteiger partial charge in [0, 0.05) is 29.9 Å². The van der Waals surface area contributed by atoms with Crippen LogP contribution in [0.25, 0.3) is 22.3 Å². The molecule has 43 heavy (non-hydrogen) atoms. The van der Waals surface area contributed by atoms with Gasteiger partial charge in [-0.2, -0.15) is 0 Å². The van der Waals surface area contributed by atoms with E-state index in [0.29, 0.717) is 37.8 Å². The second-order valence-corrected chi connectivity index (χ2v) is 9.91. The van der Waals surface area contributed by atoms with Crippen LogP contribution in [0.3, 0.4) is 0 Å². The van der Waals surface area contributed by atoms with E-state index in [1.807, 2.05) is 86.6 Å². The van der Waals surface area contributed by atoms with Crippen LogP contribution in [0, 0.1) is 0 Å². The van der Waals surface area contributed by atoms with E-state index < -0.39 is 0 Å². The largest absolute Gasteiger partial charge is 0.496 e. The fraction of sp³-hybridized carbons (Fsp3) is 0.286. The second-order valence-electron chi connectivity index (χ2n) is 9.91. The summed E-state index contributed by atoms with van der Waals surface area (Å²) >= 11 is 0. The third-order valence-corrected chi connectivity index (χ3v) is 7.01. The average molecular weight is 582 g/mol. The Hall–Kier alpha value is -4.85. The molecule has 0 saturated heterocycles. The van der Waals surface area contributed by atoms with Gasteiger partial charge in [-0.3, -0.25) is 4.79 Å². The van der Waals surface area contributed by atoms with Crippen molar-refractivity contribution in [3.8, 4) is 33.9 Å². The topological polar surface area (TPSA) is 98.8 Å². The molecule has 1 atom stereocenters. The number of carbonyl (C=O) groups excluding carboxylic acids is 2. The van der Waals surface area contributed by atoms with Gasteiger partial charge in [-0.05, 0) is 72.4 Å². The molecule has 0 fully saturated rings. The molecule has 0 radical (unpaired) electrons. The number of rotatable bonds is 13. The lowest BCUT2D eigenvalue weighted by Gasteiger charge is -2.23. The van der Waals surface area contributed by atoms with Crippen LogP contribution in [0.4, 0.5) is 4.79 Å². The maximum Gasteiger partial charge on any atom is 0.315 e. The van der Waals surface area contributed by atoms with Crippen LogP contribution < -0.4 is 20.1 Å². The maximum absolute atomic E-state index is 13.1. The SMILES string of the molecule is CCOC(=O)Cc1ccc(OC)c(-c2ccc(-c3ccc(OCC)nc3)cc2C(CC)NC(=O)NCc2ccccc2)c1. The Morgan fingerprint density at radius 1 is 0.837 bits per heavy atom. The van der Waals surface area contributed by atoms with Crippen LogP contribution in [0.1, 0.15) is 49.9 Å². The lowest BCUT2D eigenvalue weighted by molar-refractivity contribution is -0.142. The molecule has 0 aliphatic carbocycles. The van der Waals surface area contributed by atoms with E-state index in [1.54, 1.807) is 20.2 Å². The number of ether oxygens (including phenoxy) is 3. The van der Waals surface area contributed by atoms with Crippen molar-refractivity contribution in [1.29, 1.82) is 0 Å². The van der Waals surface area contributed by atoms with Gasteiger partial charge in [0.2, 0.25) is 5.88 Å². The van der Waals surface area contributed by atoms with Crippen LogP contribution in [0.5, 0.6) is 11.6 Å². The van der Waals surface area contributed by atoms with E-state index in [1.165, 1.54) is 0 Å². The van der Waals surface area contributed by atoms with Crippen molar-refractivity contribution in [2.24, 2.45) is 0 Å². The highest BCUT2D eigenvalue weighted by Crippen LogP contribution is 2.39. The molecule has 4 aromatic rings. The van der Waals surface area contributed by atoms with Crippen LogP contribution in [0.15, 0.2) is 85.1 Å². The molecule has 1 unspecified atom stereocenters. The van der Waals surface area contributed by atoms with Gasteiger partial charge in [0.15, 0.2) is 0 Å². The van der Waals surface area contributed by atoms with Gasteiger partial charge in [0.1, 0.15) is 5.75 Å². The maximum atomic E-state index is 13.1. The van der Waals surface area contributed by atoms with Gasteiger partial charge < -0.3 is 24.8 Å². The number of benzene rings is 3. The van der Waals surface area contributed by atoms with Crippen LogP contribution in [0.2, 0.25) is 0 Å². The Labute approximate surface area is 253 Å². The summed E-state index contributed by atoms with van der Waals surface area (Å²) in [5.41, 5.74) is 6.31. The quantitative estimate of drug-likeness (QED) is 0.167. The molecular formula is C35H39N3O5. The summed E-state index contributed by atoms with van der Waals surface area (Å²) < 4.78 is 16.4. The number of amides is 2. The highest BCUT2D eigenvalue weighted by atomic mass is 16.5. The molecule has 3 aromatic carbocycles. The van der Waals surface area contributed by atoms with E-state index in [9.17, 15) is 9.59 Å².